The minimum absolute atomic E-state index is 0.0487. The van der Waals surface area contributed by atoms with E-state index in [0.717, 1.165) is 27.7 Å². The zero-order valence-corrected chi connectivity index (χ0v) is 28.8. The number of anilines is 1. The number of imide groups is 1. The van der Waals surface area contributed by atoms with Crippen molar-refractivity contribution in [2.75, 3.05) is 5.32 Å². The summed E-state index contributed by atoms with van der Waals surface area (Å²) in [6, 6.07) is 31.9. The molecule has 0 spiro atoms. The van der Waals surface area contributed by atoms with Crippen LogP contribution in [0.25, 0.3) is 44.2 Å². The van der Waals surface area contributed by atoms with E-state index in [2.05, 4.69) is 40.5 Å². The molecule has 8 rings (SSSR count). The van der Waals surface area contributed by atoms with Crippen LogP contribution < -0.4 is 16.4 Å². The first-order valence-corrected chi connectivity index (χ1v) is 16.4. The number of nitrogens with one attached hydrogen (secondary N) is 2. The Hall–Kier alpha value is -7.80. The number of carbonyl (C=O) groups is 4. The van der Waals surface area contributed by atoms with Crippen molar-refractivity contribution >= 4 is 62.4 Å². The van der Waals surface area contributed by atoms with E-state index in [4.69, 9.17) is 5.73 Å². The van der Waals surface area contributed by atoms with E-state index in [1.165, 1.54) is 6.92 Å². The second-order valence-electron chi connectivity index (χ2n) is 11.6. The maximum atomic E-state index is 12.4. The number of aromatic nitrogens is 6. The number of nitrogens with zero attached hydrogens (tertiary/aromatic N) is 6. The number of fused-ring (bicyclic) bond motifs is 3. The summed E-state index contributed by atoms with van der Waals surface area (Å²) in [6.07, 6.45) is 9.57. The van der Waals surface area contributed by atoms with Gasteiger partial charge in [-0.15, -0.1) is 0 Å². The van der Waals surface area contributed by atoms with E-state index in [1.54, 1.807) is 97.8 Å². The van der Waals surface area contributed by atoms with Crippen LogP contribution >= 0.6 is 0 Å². The zero-order chi connectivity index (χ0) is 37.9. The van der Waals surface area contributed by atoms with Crippen molar-refractivity contribution in [1.82, 2.24) is 35.2 Å². The Morgan fingerprint density at radius 1 is 0.481 bits per heavy atom. The number of hydrogen-bond acceptors (Lipinski definition) is 10. The molecule has 0 saturated heterocycles. The van der Waals surface area contributed by atoms with Gasteiger partial charge in [0, 0.05) is 59.6 Å². The summed E-state index contributed by atoms with van der Waals surface area (Å²) in [5, 5.41) is 5.02. The number of Topliss-reactive ketones (excluding diaryl/α,β-unsaturated/α-hetero) is 1. The minimum atomic E-state index is -0.602. The van der Waals surface area contributed by atoms with Crippen LogP contribution in [-0.2, 0) is 0 Å². The monoisotopic (exact) mass is 713 g/mol. The van der Waals surface area contributed by atoms with Crippen molar-refractivity contribution in [1.29, 1.82) is 0 Å². The topological polar surface area (TPSA) is 196 Å². The normalized spacial score (nSPS) is 10.3. The number of benzene rings is 5. The van der Waals surface area contributed by atoms with Crippen molar-refractivity contribution in [3.63, 3.8) is 0 Å². The van der Waals surface area contributed by atoms with Crippen molar-refractivity contribution in [3.05, 3.63) is 163 Å². The molecule has 0 unspecified atom stereocenters. The summed E-state index contributed by atoms with van der Waals surface area (Å²) >= 11 is 0. The maximum Gasteiger partial charge on any atom is 0.326 e. The third kappa shape index (κ3) is 9.30. The quantitative estimate of drug-likeness (QED) is 0.159. The summed E-state index contributed by atoms with van der Waals surface area (Å²) < 4.78 is 0. The van der Waals surface area contributed by atoms with Gasteiger partial charge in [-0.1, -0.05) is 42.5 Å². The summed E-state index contributed by atoms with van der Waals surface area (Å²) in [5.74, 6) is -0.913. The largest absolute Gasteiger partial charge is 0.366 e. The highest BCUT2D eigenvalue weighted by Crippen LogP contribution is 2.22. The van der Waals surface area contributed by atoms with Crippen LogP contribution in [0, 0.1) is 0 Å². The van der Waals surface area contributed by atoms with Crippen LogP contribution in [-0.4, -0.2) is 53.5 Å². The van der Waals surface area contributed by atoms with Gasteiger partial charge in [0.15, 0.2) is 5.78 Å². The number of primary amides is 1. The zero-order valence-electron chi connectivity index (χ0n) is 28.8. The van der Waals surface area contributed by atoms with Gasteiger partial charge in [0.05, 0.1) is 33.1 Å². The van der Waals surface area contributed by atoms with E-state index in [1.807, 2.05) is 48.5 Å². The molecule has 0 atom stereocenters. The smallest absolute Gasteiger partial charge is 0.326 e. The number of amides is 4. The molecule has 0 aliphatic rings. The van der Waals surface area contributed by atoms with Crippen LogP contribution in [0.2, 0.25) is 0 Å². The molecule has 0 aliphatic carbocycles. The molecule has 5 aromatic carbocycles. The van der Waals surface area contributed by atoms with Gasteiger partial charge in [-0.3, -0.25) is 49.6 Å². The maximum absolute atomic E-state index is 12.4. The van der Waals surface area contributed by atoms with Crippen molar-refractivity contribution in [3.8, 4) is 11.1 Å². The average Bonchev–Trinajstić information content (AvgIpc) is 3.21. The molecular formula is C41H31N9O4. The van der Waals surface area contributed by atoms with Crippen molar-refractivity contribution in [2.24, 2.45) is 5.73 Å². The third-order valence-electron chi connectivity index (χ3n) is 7.82. The number of urea groups is 1. The van der Waals surface area contributed by atoms with Crippen molar-refractivity contribution < 1.29 is 19.2 Å². The molecule has 0 bridgehead atoms. The Kier molecular flexibility index (Phi) is 11.3. The Balaban J connectivity index is 0.000000158. The standard InChI is InChI=1S/C22H16N4O2.C10H8N2O.C9H7N3O/c27-21(17-9-10-19-20(14-17)24-12-11-23-19)26-22(28)25-18-8-4-7-16(13-18)15-5-2-1-3-6-15;1-7(13)8-2-3-9-10(6-8)12-5-4-11-9;10-9(13)6-1-2-7-8(5-6)12-4-3-11-7/h1-14H,(H2,25,26,27,28);2-6H,1H3;1-5H,(H2,10,13). The molecular weight excluding hydrogens is 683 g/mol. The summed E-state index contributed by atoms with van der Waals surface area (Å²) in [7, 11) is 0. The van der Waals surface area contributed by atoms with Crippen LogP contribution in [0.15, 0.2) is 146 Å². The molecule has 13 heteroatoms. The van der Waals surface area contributed by atoms with E-state index in [-0.39, 0.29) is 5.78 Å². The molecule has 13 nitrogen and oxygen atoms in total. The molecule has 0 aliphatic heterocycles. The van der Waals surface area contributed by atoms with Gasteiger partial charge in [0.1, 0.15) is 0 Å². The first kappa shape index (κ1) is 36.0. The average molecular weight is 714 g/mol. The Morgan fingerprint density at radius 3 is 1.48 bits per heavy atom. The molecule has 4 N–H and O–H groups in total. The lowest BCUT2D eigenvalue weighted by molar-refractivity contribution is 0.0964. The lowest BCUT2D eigenvalue weighted by Gasteiger charge is -2.09. The van der Waals surface area contributed by atoms with Gasteiger partial charge < -0.3 is 11.1 Å². The van der Waals surface area contributed by atoms with Gasteiger partial charge >= 0.3 is 6.03 Å². The molecule has 8 aromatic rings. The van der Waals surface area contributed by atoms with Crippen LogP contribution in [0.5, 0.6) is 0 Å². The summed E-state index contributed by atoms with van der Waals surface area (Å²) in [6.45, 7) is 1.54. The van der Waals surface area contributed by atoms with E-state index in [0.29, 0.717) is 38.9 Å². The van der Waals surface area contributed by atoms with E-state index < -0.39 is 17.8 Å². The number of ketones is 1. The fourth-order valence-corrected chi connectivity index (χ4v) is 5.15. The van der Waals surface area contributed by atoms with E-state index in [9.17, 15) is 19.2 Å². The predicted molar refractivity (Wildman–Crippen MR) is 205 cm³/mol. The summed E-state index contributed by atoms with van der Waals surface area (Å²) in [4.78, 5) is 71.1. The number of nitrogens with two attached hydrogens (primary N) is 1. The van der Waals surface area contributed by atoms with Crippen LogP contribution in [0.1, 0.15) is 38.0 Å². The number of rotatable bonds is 5. The summed E-state index contributed by atoms with van der Waals surface area (Å²) in [5.41, 5.74) is 13.5. The Morgan fingerprint density at radius 2 is 0.944 bits per heavy atom. The molecule has 0 radical (unpaired) electrons. The van der Waals surface area contributed by atoms with Gasteiger partial charge in [-0.05, 0) is 84.8 Å². The third-order valence-corrected chi connectivity index (χ3v) is 7.82. The highest BCUT2D eigenvalue weighted by Gasteiger charge is 2.12. The Labute approximate surface area is 308 Å². The minimum Gasteiger partial charge on any atom is -0.366 e. The first-order valence-electron chi connectivity index (χ1n) is 16.4. The highest BCUT2D eigenvalue weighted by atomic mass is 16.2. The van der Waals surface area contributed by atoms with Gasteiger partial charge in [0.2, 0.25) is 5.91 Å². The molecule has 4 amide bonds. The number of hydrogen-bond donors (Lipinski definition) is 3. The van der Waals surface area contributed by atoms with Gasteiger partial charge in [-0.2, -0.15) is 0 Å². The predicted octanol–water partition coefficient (Wildman–Crippen LogP) is 6.82. The SMILES string of the molecule is CC(=O)c1ccc2nccnc2c1.NC(=O)c1ccc2nccnc2c1.O=C(NC(=O)c1ccc2nccnc2c1)Nc1cccc(-c2ccccc2)c1. The molecule has 54 heavy (non-hydrogen) atoms. The number of carbonyl (C=O) groups excluding carboxylic acids is 4. The van der Waals surface area contributed by atoms with Gasteiger partial charge in [-0.25, -0.2) is 4.79 Å². The molecule has 0 fully saturated rings. The van der Waals surface area contributed by atoms with Crippen LogP contribution in [0.3, 0.4) is 0 Å². The molecule has 0 saturated carbocycles. The molecule has 264 valence electrons. The van der Waals surface area contributed by atoms with Gasteiger partial charge in [0.25, 0.3) is 5.91 Å². The van der Waals surface area contributed by atoms with E-state index >= 15 is 0 Å². The highest BCUT2D eigenvalue weighted by molar-refractivity contribution is 6.09. The molecule has 3 heterocycles. The van der Waals surface area contributed by atoms with Crippen LogP contribution in [0.4, 0.5) is 10.5 Å². The fraction of sp³-hybridized carbons (Fsp3) is 0.0244. The lowest BCUT2D eigenvalue weighted by atomic mass is 10.1. The molecule has 3 aromatic heterocycles. The van der Waals surface area contributed by atoms with Crippen molar-refractivity contribution in [2.45, 2.75) is 6.92 Å². The first-order chi connectivity index (χ1) is 26.2. The second kappa shape index (κ2) is 16.9. The Bertz CT molecular complexity index is 2550. The fourth-order valence-electron chi connectivity index (χ4n) is 5.15. The second-order valence-corrected chi connectivity index (χ2v) is 11.6. The lowest BCUT2D eigenvalue weighted by Crippen LogP contribution is -2.34.